The van der Waals surface area contributed by atoms with Gasteiger partial charge < -0.3 is 5.43 Å². The highest BCUT2D eigenvalue weighted by molar-refractivity contribution is 7.98. The molecule has 1 heterocycles. The number of thioether (sulfide) groups is 1. The average Bonchev–Trinajstić information content (AvgIpc) is 2.19. The van der Waals surface area contributed by atoms with Gasteiger partial charge in [-0.05, 0) is 23.8 Å². The Balaban J connectivity index is 2.40. The molecule has 0 aliphatic rings. The molecule has 0 bridgehead atoms. The SMILES string of the molecule is CCCSCc1ccc(NN)nc1. The predicted octanol–water partition coefficient (Wildman–Crippen LogP) is 2.01. The number of rotatable bonds is 5. The Bertz CT molecular complexity index is 235. The number of hydrogen-bond donors (Lipinski definition) is 2. The third kappa shape index (κ3) is 3.65. The van der Waals surface area contributed by atoms with Crippen LogP contribution in [-0.4, -0.2) is 10.7 Å². The monoisotopic (exact) mass is 197 g/mol. The van der Waals surface area contributed by atoms with E-state index in [0.717, 1.165) is 5.75 Å². The summed E-state index contributed by atoms with van der Waals surface area (Å²) >= 11 is 1.93. The van der Waals surface area contributed by atoms with Crippen LogP contribution >= 0.6 is 11.8 Å². The number of aromatic nitrogens is 1. The molecule has 0 unspecified atom stereocenters. The van der Waals surface area contributed by atoms with Crippen molar-refractivity contribution in [2.45, 2.75) is 19.1 Å². The molecule has 0 atom stereocenters. The number of nitrogen functional groups attached to an aromatic ring is 1. The summed E-state index contributed by atoms with van der Waals surface area (Å²) in [6, 6.07) is 3.94. The highest BCUT2D eigenvalue weighted by atomic mass is 32.2. The summed E-state index contributed by atoms with van der Waals surface area (Å²) in [6.07, 6.45) is 3.08. The minimum Gasteiger partial charge on any atom is -0.308 e. The van der Waals surface area contributed by atoms with Gasteiger partial charge in [0.05, 0.1) is 0 Å². The maximum absolute atomic E-state index is 5.20. The first-order valence-electron chi connectivity index (χ1n) is 4.36. The second-order valence-electron chi connectivity index (χ2n) is 2.75. The highest BCUT2D eigenvalue weighted by Crippen LogP contribution is 2.13. The van der Waals surface area contributed by atoms with Crippen LogP contribution in [0.1, 0.15) is 18.9 Å². The molecule has 0 amide bonds. The van der Waals surface area contributed by atoms with E-state index in [9.17, 15) is 0 Å². The van der Waals surface area contributed by atoms with E-state index in [2.05, 4.69) is 17.3 Å². The van der Waals surface area contributed by atoms with E-state index in [1.165, 1.54) is 17.7 Å². The highest BCUT2D eigenvalue weighted by Gasteiger charge is 1.94. The lowest BCUT2D eigenvalue weighted by Crippen LogP contribution is -2.08. The van der Waals surface area contributed by atoms with Crippen molar-refractivity contribution in [1.82, 2.24) is 4.98 Å². The molecule has 3 nitrogen and oxygen atoms in total. The topological polar surface area (TPSA) is 50.9 Å². The summed E-state index contributed by atoms with van der Waals surface area (Å²) in [5.41, 5.74) is 3.75. The quantitative estimate of drug-likeness (QED) is 0.431. The lowest BCUT2D eigenvalue weighted by Gasteiger charge is -2.01. The van der Waals surface area contributed by atoms with Crippen LogP contribution in [0.25, 0.3) is 0 Å². The molecule has 4 heteroatoms. The van der Waals surface area contributed by atoms with Crippen molar-refractivity contribution in [3.8, 4) is 0 Å². The number of hydrogen-bond acceptors (Lipinski definition) is 4. The lowest BCUT2D eigenvalue weighted by molar-refractivity contribution is 1.10. The summed E-state index contributed by atoms with van der Waals surface area (Å²) in [5, 5.41) is 0. The Morgan fingerprint density at radius 2 is 2.38 bits per heavy atom. The van der Waals surface area contributed by atoms with Gasteiger partial charge in [0.2, 0.25) is 0 Å². The third-order valence-electron chi connectivity index (χ3n) is 1.59. The molecule has 0 saturated carbocycles. The van der Waals surface area contributed by atoms with Crippen molar-refractivity contribution < 1.29 is 0 Å². The zero-order chi connectivity index (χ0) is 9.52. The van der Waals surface area contributed by atoms with Crippen LogP contribution < -0.4 is 11.3 Å². The van der Waals surface area contributed by atoms with Crippen LogP contribution in [0, 0.1) is 0 Å². The summed E-state index contributed by atoms with van der Waals surface area (Å²) in [4.78, 5) is 4.13. The van der Waals surface area contributed by atoms with Crippen LogP contribution in [0.4, 0.5) is 5.82 Å². The number of nitrogens with zero attached hydrogens (tertiary/aromatic N) is 1. The fourth-order valence-corrected chi connectivity index (χ4v) is 1.77. The van der Waals surface area contributed by atoms with Crippen molar-refractivity contribution in [3.63, 3.8) is 0 Å². The zero-order valence-electron chi connectivity index (χ0n) is 7.79. The molecule has 0 radical (unpaired) electrons. The first kappa shape index (κ1) is 10.3. The van der Waals surface area contributed by atoms with Gasteiger partial charge in [-0.1, -0.05) is 13.0 Å². The van der Waals surface area contributed by atoms with Gasteiger partial charge in [0, 0.05) is 11.9 Å². The first-order chi connectivity index (χ1) is 6.36. The maximum Gasteiger partial charge on any atom is 0.139 e. The summed E-state index contributed by atoms with van der Waals surface area (Å²) in [6.45, 7) is 2.19. The third-order valence-corrected chi connectivity index (χ3v) is 2.82. The molecule has 1 rings (SSSR count). The molecular formula is C9H15N3S. The van der Waals surface area contributed by atoms with Crippen molar-refractivity contribution in [1.29, 1.82) is 0 Å². The second kappa shape index (κ2) is 5.83. The van der Waals surface area contributed by atoms with E-state index in [0.29, 0.717) is 5.82 Å². The molecule has 0 aromatic carbocycles. The van der Waals surface area contributed by atoms with E-state index >= 15 is 0 Å². The van der Waals surface area contributed by atoms with E-state index < -0.39 is 0 Å². The Morgan fingerprint density at radius 1 is 1.54 bits per heavy atom. The zero-order valence-corrected chi connectivity index (χ0v) is 8.60. The Kier molecular flexibility index (Phi) is 4.64. The van der Waals surface area contributed by atoms with E-state index in [1.807, 2.05) is 30.1 Å². The summed E-state index contributed by atoms with van der Waals surface area (Å²) in [7, 11) is 0. The van der Waals surface area contributed by atoms with Gasteiger partial charge in [-0.25, -0.2) is 10.8 Å². The van der Waals surface area contributed by atoms with Crippen LogP contribution in [-0.2, 0) is 5.75 Å². The number of nitrogens with two attached hydrogens (primary N) is 1. The average molecular weight is 197 g/mol. The number of pyridine rings is 1. The normalized spacial score (nSPS) is 10.0. The van der Waals surface area contributed by atoms with E-state index in [1.54, 1.807) is 0 Å². The molecule has 13 heavy (non-hydrogen) atoms. The molecule has 1 aromatic rings. The fraction of sp³-hybridized carbons (Fsp3) is 0.444. The minimum atomic E-state index is 0.712. The standard InChI is InChI=1S/C9H15N3S/c1-2-5-13-7-8-3-4-9(12-10)11-6-8/h3-4,6H,2,5,7,10H2,1H3,(H,11,12). The Morgan fingerprint density at radius 3 is 2.92 bits per heavy atom. The second-order valence-corrected chi connectivity index (χ2v) is 3.85. The molecule has 72 valence electrons. The van der Waals surface area contributed by atoms with Gasteiger partial charge in [-0.15, -0.1) is 0 Å². The predicted molar refractivity (Wildman–Crippen MR) is 58.5 cm³/mol. The molecule has 1 aromatic heterocycles. The Labute approximate surface area is 83.1 Å². The van der Waals surface area contributed by atoms with Crippen molar-refractivity contribution >= 4 is 17.6 Å². The fourth-order valence-electron chi connectivity index (χ4n) is 0.930. The van der Waals surface area contributed by atoms with Gasteiger partial charge >= 0.3 is 0 Å². The molecule has 0 aliphatic carbocycles. The van der Waals surface area contributed by atoms with Gasteiger partial charge in [0.1, 0.15) is 5.82 Å². The van der Waals surface area contributed by atoms with E-state index in [-0.39, 0.29) is 0 Å². The molecule has 0 spiro atoms. The van der Waals surface area contributed by atoms with Crippen LogP contribution in [0.5, 0.6) is 0 Å². The summed E-state index contributed by atoms with van der Waals surface area (Å²) < 4.78 is 0. The van der Waals surface area contributed by atoms with Gasteiger partial charge in [0.25, 0.3) is 0 Å². The molecule has 3 N–H and O–H groups in total. The minimum absolute atomic E-state index is 0.712. The maximum atomic E-state index is 5.20. The van der Waals surface area contributed by atoms with Gasteiger partial charge in [0.15, 0.2) is 0 Å². The van der Waals surface area contributed by atoms with Crippen LogP contribution in [0.3, 0.4) is 0 Å². The Hall–Kier alpha value is -0.740. The van der Waals surface area contributed by atoms with Crippen LogP contribution in [0.2, 0.25) is 0 Å². The summed E-state index contributed by atoms with van der Waals surface area (Å²) in [5.74, 6) is 8.15. The molecule has 0 saturated heterocycles. The first-order valence-corrected chi connectivity index (χ1v) is 5.51. The smallest absolute Gasteiger partial charge is 0.139 e. The van der Waals surface area contributed by atoms with Gasteiger partial charge in [-0.3, -0.25) is 0 Å². The molecular weight excluding hydrogens is 182 g/mol. The van der Waals surface area contributed by atoms with Crippen LogP contribution in [0.15, 0.2) is 18.3 Å². The number of anilines is 1. The van der Waals surface area contributed by atoms with E-state index in [4.69, 9.17) is 5.84 Å². The number of nitrogens with one attached hydrogen (secondary N) is 1. The van der Waals surface area contributed by atoms with Gasteiger partial charge in [-0.2, -0.15) is 11.8 Å². The lowest BCUT2D eigenvalue weighted by atomic mass is 10.3. The van der Waals surface area contributed by atoms with Crippen molar-refractivity contribution in [3.05, 3.63) is 23.9 Å². The largest absolute Gasteiger partial charge is 0.308 e. The molecule has 0 fully saturated rings. The number of hydrazine groups is 1. The van der Waals surface area contributed by atoms with Crippen molar-refractivity contribution in [2.75, 3.05) is 11.2 Å². The van der Waals surface area contributed by atoms with Crippen molar-refractivity contribution in [2.24, 2.45) is 5.84 Å². The molecule has 0 aliphatic heterocycles.